The van der Waals surface area contributed by atoms with Gasteiger partial charge in [-0.05, 0) is 66.3 Å². The molecule has 1 atom stereocenters. The van der Waals surface area contributed by atoms with E-state index in [1.807, 2.05) is 41.3 Å². The van der Waals surface area contributed by atoms with Gasteiger partial charge in [-0.15, -0.1) is 0 Å². The van der Waals surface area contributed by atoms with Crippen molar-refractivity contribution < 1.29 is 14.3 Å². The molecule has 3 aromatic rings. The minimum Gasteiger partial charge on any atom is -0.497 e. The maximum absolute atomic E-state index is 12.7. The average molecular weight is 416 g/mol. The van der Waals surface area contributed by atoms with Crippen LogP contribution in [-0.4, -0.2) is 24.0 Å². The van der Waals surface area contributed by atoms with Crippen LogP contribution in [0.2, 0.25) is 0 Å². The second kappa shape index (κ2) is 9.69. The summed E-state index contributed by atoms with van der Waals surface area (Å²) in [5.41, 5.74) is 4.57. The molecule has 1 fully saturated rings. The van der Waals surface area contributed by atoms with E-state index in [4.69, 9.17) is 9.47 Å². The molecule has 0 spiro atoms. The van der Waals surface area contributed by atoms with Gasteiger partial charge in [0.25, 0.3) is 0 Å². The largest absolute Gasteiger partial charge is 0.497 e. The highest BCUT2D eigenvalue weighted by molar-refractivity contribution is 5.78. The van der Waals surface area contributed by atoms with Crippen molar-refractivity contribution in [3.63, 3.8) is 0 Å². The Hall–Kier alpha value is -3.27. The fourth-order valence-electron chi connectivity index (χ4n) is 4.23. The van der Waals surface area contributed by atoms with Crippen molar-refractivity contribution >= 4 is 5.91 Å². The van der Waals surface area contributed by atoms with E-state index >= 15 is 0 Å². The van der Waals surface area contributed by atoms with Crippen molar-refractivity contribution in [2.45, 2.75) is 45.4 Å². The number of methoxy groups -OCH3 is 1. The van der Waals surface area contributed by atoms with E-state index < -0.39 is 0 Å². The van der Waals surface area contributed by atoms with Crippen LogP contribution >= 0.6 is 0 Å². The van der Waals surface area contributed by atoms with Crippen LogP contribution in [0.25, 0.3) is 0 Å². The quantitative estimate of drug-likeness (QED) is 0.500. The van der Waals surface area contributed by atoms with E-state index in [2.05, 4.69) is 43.3 Å². The Bertz CT molecular complexity index is 1030. The van der Waals surface area contributed by atoms with Crippen molar-refractivity contribution in [1.29, 1.82) is 0 Å². The van der Waals surface area contributed by atoms with Gasteiger partial charge in [-0.25, -0.2) is 0 Å². The molecule has 0 aliphatic carbocycles. The van der Waals surface area contributed by atoms with Gasteiger partial charge in [-0.2, -0.15) is 0 Å². The molecule has 0 radical (unpaired) electrons. The molecule has 0 saturated carbocycles. The number of nitrogens with zero attached hydrogens (tertiary/aromatic N) is 1. The number of likely N-dealkylation sites (tertiary alicyclic amines) is 1. The third-order valence-corrected chi connectivity index (χ3v) is 5.77. The minimum atomic E-state index is 0.203. The molecule has 1 heterocycles. The van der Waals surface area contributed by atoms with Gasteiger partial charge in [-0.1, -0.05) is 48.5 Å². The van der Waals surface area contributed by atoms with Gasteiger partial charge in [0, 0.05) is 19.0 Å². The lowest BCUT2D eigenvalue weighted by molar-refractivity contribution is -0.129. The Balaban J connectivity index is 1.46. The highest BCUT2D eigenvalue weighted by Crippen LogP contribution is 2.27. The Morgan fingerprint density at radius 1 is 0.903 bits per heavy atom. The number of aryl methyl sites for hydroxylation is 1. The summed E-state index contributed by atoms with van der Waals surface area (Å²) in [5.74, 6) is 1.92. The topological polar surface area (TPSA) is 38.8 Å². The van der Waals surface area contributed by atoms with Gasteiger partial charge in [0.15, 0.2) is 0 Å². The summed E-state index contributed by atoms with van der Waals surface area (Å²) >= 11 is 0. The molecule has 1 unspecified atom stereocenters. The molecule has 160 valence electrons. The zero-order chi connectivity index (χ0) is 21.6. The van der Waals surface area contributed by atoms with Crippen LogP contribution in [0.3, 0.4) is 0 Å². The van der Waals surface area contributed by atoms with Crippen LogP contribution in [0, 0.1) is 6.92 Å². The maximum Gasteiger partial charge on any atom is 0.223 e. The summed E-state index contributed by atoms with van der Waals surface area (Å²) in [6.07, 6.45) is 2.34. The summed E-state index contributed by atoms with van der Waals surface area (Å²) in [6.45, 7) is 3.21. The monoisotopic (exact) mass is 415 g/mol. The number of carbonyl (C=O) groups is 1. The summed E-state index contributed by atoms with van der Waals surface area (Å²) in [5, 5.41) is 0. The second-order valence-electron chi connectivity index (χ2n) is 8.20. The van der Waals surface area contributed by atoms with E-state index in [-0.39, 0.29) is 11.9 Å². The van der Waals surface area contributed by atoms with E-state index in [1.165, 1.54) is 5.56 Å². The number of hydrogen-bond donors (Lipinski definition) is 0. The predicted molar refractivity (Wildman–Crippen MR) is 122 cm³/mol. The molecule has 3 aromatic carbocycles. The molecule has 0 aromatic heterocycles. The standard InChI is InChI=1S/C27H29NO3/c1-20-13-23(17-26(14-20)31-19-21-7-4-3-5-8-21)18-28-24(11-12-27(28)29)15-22-9-6-10-25(16-22)30-2/h3-10,13-14,16-17,24H,11-12,15,18-19H2,1-2H3. The Labute approximate surface area is 184 Å². The van der Waals surface area contributed by atoms with Crippen molar-refractivity contribution in [3.05, 3.63) is 95.1 Å². The van der Waals surface area contributed by atoms with E-state index in [1.54, 1.807) is 7.11 Å². The van der Waals surface area contributed by atoms with Gasteiger partial charge < -0.3 is 14.4 Å². The fraction of sp³-hybridized carbons (Fsp3) is 0.296. The molecule has 0 bridgehead atoms. The second-order valence-corrected chi connectivity index (χ2v) is 8.20. The molecule has 4 nitrogen and oxygen atoms in total. The minimum absolute atomic E-state index is 0.203. The number of ether oxygens (including phenoxy) is 2. The number of benzene rings is 3. The van der Waals surface area contributed by atoms with Gasteiger partial charge in [-0.3, -0.25) is 4.79 Å². The van der Waals surface area contributed by atoms with Gasteiger partial charge in [0.05, 0.1) is 7.11 Å². The van der Waals surface area contributed by atoms with Crippen molar-refractivity contribution in [2.75, 3.05) is 7.11 Å². The first-order chi connectivity index (χ1) is 15.1. The van der Waals surface area contributed by atoms with Crippen molar-refractivity contribution in [3.8, 4) is 11.5 Å². The van der Waals surface area contributed by atoms with Crippen LogP contribution < -0.4 is 9.47 Å². The summed E-state index contributed by atoms with van der Waals surface area (Å²) < 4.78 is 11.4. The van der Waals surface area contributed by atoms with Crippen LogP contribution in [0.1, 0.15) is 35.1 Å². The van der Waals surface area contributed by atoms with Gasteiger partial charge in [0.1, 0.15) is 18.1 Å². The van der Waals surface area contributed by atoms with Gasteiger partial charge in [0.2, 0.25) is 5.91 Å². The fourth-order valence-corrected chi connectivity index (χ4v) is 4.23. The summed E-state index contributed by atoms with van der Waals surface area (Å²) in [7, 11) is 1.68. The molecule has 0 N–H and O–H groups in total. The highest BCUT2D eigenvalue weighted by Gasteiger charge is 2.31. The third-order valence-electron chi connectivity index (χ3n) is 5.77. The van der Waals surface area contributed by atoms with Crippen LogP contribution in [0.15, 0.2) is 72.8 Å². The summed E-state index contributed by atoms with van der Waals surface area (Å²) in [6, 6.07) is 24.7. The smallest absolute Gasteiger partial charge is 0.223 e. The average Bonchev–Trinajstić information content (AvgIpc) is 3.12. The Morgan fingerprint density at radius 2 is 1.68 bits per heavy atom. The van der Waals surface area contributed by atoms with Crippen molar-refractivity contribution in [2.24, 2.45) is 0 Å². The first-order valence-electron chi connectivity index (χ1n) is 10.8. The molecular formula is C27H29NO3. The maximum atomic E-state index is 12.7. The molecule has 31 heavy (non-hydrogen) atoms. The zero-order valence-electron chi connectivity index (χ0n) is 18.2. The molecule has 4 rings (SSSR count). The van der Waals surface area contributed by atoms with E-state index in [9.17, 15) is 4.79 Å². The van der Waals surface area contributed by atoms with Crippen LogP contribution in [-0.2, 0) is 24.4 Å². The van der Waals surface area contributed by atoms with Gasteiger partial charge >= 0.3 is 0 Å². The Morgan fingerprint density at radius 3 is 2.48 bits per heavy atom. The summed E-state index contributed by atoms with van der Waals surface area (Å²) in [4.78, 5) is 14.7. The van der Waals surface area contributed by atoms with Crippen LogP contribution in [0.5, 0.6) is 11.5 Å². The number of amides is 1. The van der Waals surface area contributed by atoms with Crippen molar-refractivity contribution in [1.82, 2.24) is 4.90 Å². The molecule has 1 aliphatic heterocycles. The predicted octanol–water partition coefficient (Wildman–Crippen LogP) is 5.32. The lowest BCUT2D eigenvalue weighted by Crippen LogP contribution is -2.33. The number of rotatable bonds is 8. The third kappa shape index (κ3) is 5.46. The lowest BCUT2D eigenvalue weighted by atomic mass is 10.0. The SMILES string of the molecule is COc1cccc(CC2CCC(=O)N2Cc2cc(C)cc(OCc3ccccc3)c2)c1. The molecule has 1 amide bonds. The first-order valence-corrected chi connectivity index (χ1v) is 10.8. The highest BCUT2D eigenvalue weighted by atomic mass is 16.5. The van der Waals surface area contributed by atoms with E-state index in [0.29, 0.717) is 19.6 Å². The van der Waals surface area contributed by atoms with E-state index in [0.717, 1.165) is 41.0 Å². The normalized spacial score (nSPS) is 15.9. The first kappa shape index (κ1) is 21.0. The molecular weight excluding hydrogens is 386 g/mol. The molecule has 1 saturated heterocycles. The molecule has 4 heteroatoms. The number of carbonyl (C=O) groups excluding carboxylic acids is 1. The molecule has 1 aliphatic rings. The number of hydrogen-bond acceptors (Lipinski definition) is 3. The zero-order valence-corrected chi connectivity index (χ0v) is 18.2. The van der Waals surface area contributed by atoms with Crippen LogP contribution in [0.4, 0.5) is 0 Å². The Kier molecular flexibility index (Phi) is 6.56. The lowest BCUT2D eigenvalue weighted by Gasteiger charge is -2.25.